The molecule has 3 rings (SSSR count). The van der Waals surface area contributed by atoms with Crippen LogP contribution in [0, 0.1) is 10.1 Å². The number of nitro groups is 1. The lowest BCUT2D eigenvalue weighted by atomic mass is 10.1. The van der Waals surface area contributed by atoms with Crippen molar-refractivity contribution < 1.29 is 14.5 Å². The third-order valence-corrected chi connectivity index (χ3v) is 5.45. The van der Waals surface area contributed by atoms with E-state index in [4.69, 9.17) is 17.0 Å². The van der Waals surface area contributed by atoms with E-state index in [1.54, 1.807) is 23.1 Å². The van der Waals surface area contributed by atoms with E-state index in [0.29, 0.717) is 21.5 Å². The van der Waals surface area contributed by atoms with E-state index in [0.717, 1.165) is 17.5 Å². The van der Waals surface area contributed by atoms with Crippen LogP contribution in [0.3, 0.4) is 0 Å². The molecule has 1 saturated heterocycles. The summed E-state index contributed by atoms with van der Waals surface area (Å²) in [5, 5.41) is 10.7. The van der Waals surface area contributed by atoms with Crippen molar-refractivity contribution in [3.8, 4) is 5.75 Å². The number of thioether (sulfide) groups is 1. The highest BCUT2D eigenvalue weighted by Crippen LogP contribution is 2.34. The number of non-ortho nitro benzene ring substituents is 1. The minimum Gasteiger partial charge on any atom is -0.488 e. The fourth-order valence-electron chi connectivity index (χ4n) is 2.66. The van der Waals surface area contributed by atoms with Crippen LogP contribution in [0.5, 0.6) is 5.75 Å². The molecule has 8 heteroatoms. The molecule has 1 heterocycles. The first-order chi connectivity index (χ1) is 13.5. The molecule has 0 atom stereocenters. The lowest BCUT2D eigenvalue weighted by Crippen LogP contribution is -2.28. The van der Waals surface area contributed by atoms with Crippen molar-refractivity contribution in [1.29, 1.82) is 0 Å². The van der Waals surface area contributed by atoms with Crippen LogP contribution in [0.2, 0.25) is 0 Å². The van der Waals surface area contributed by atoms with E-state index in [2.05, 4.69) is 0 Å². The molecule has 0 aliphatic carbocycles. The third kappa shape index (κ3) is 4.58. The maximum atomic E-state index is 12.5. The predicted octanol–water partition coefficient (Wildman–Crippen LogP) is 4.79. The third-order valence-electron chi connectivity index (χ3n) is 4.07. The summed E-state index contributed by atoms with van der Waals surface area (Å²) in [6.07, 6.45) is 2.63. The van der Waals surface area contributed by atoms with Gasteiger partial charge in [0.25, 0.3) is 11.6 Å². The zero-order valence-electron chi connectivity index (χ0n) is 15.2. The number of para-hydroxylation sites is 1. The van der Waals surface area contributed by atoms with E-state index in [1.165, 1.54) is 23.9 Å². The Balaban J connectivity index is 1.75. The van der Waals surface area contributed by atoms with E-state index in [-0.39, 0.29) is 18.2 Å². The maximum Gasteiger partial charge on any atom is 0.269 e. The van der Waals surface area contributed by atoms with Crippen molar-refractivity contribution in [2.75, 3.05) is 6.54 Å². The van der Waals surface area contributed by atoms with Gasteiger partial charge in [0, 0.05) is 24.2 Å². The summed E-state index contributed by atoms with van der Waals surface area (Å²) in [5.41, 5.74) is 1.63. The van der Waals surface area contributed by atoms with Gasteiger partial charge in [-0.05, 0) is 36.3 Å². The van der Waals surface area contributed by atoms with E-state index >= 15 is 0 Å². The molecule has 0 N–H and O–H groups in total. The van der Waals surface area contributed by atoms with Crippen molar-refractivity contribution >= 4 is 46.0 Å². The minimum absolute atomic E-state index is 0.0401. The fourth-order valence-corrected chi connectivity index (χ4v) is 3.96. The predicted molar refractivity (Wildman–Crippen MR) is 114 cm³/mol. The zero-order chi connectivity index (χ0) is 20.1. The monoisotopic (exact) mass is 414 g/mol. The molecule has 1 aliphatic heterocycles. The second-order valence-corrected chi connectivity index (χ2v) is 7.76. The lowest BCUT2D eigenvalue weighted by Gasteiger charge is -2.12. The largest absolute Gasteiger partial charge is 0.488 e. The van der Waals surface area contributed by atoms with Crippen molar-refractivity contribution in [1.82, 2.24) is 4.90 Å². The molecule has 1 amide bonds. The Morgan fingerprint density at radius 3 is 2.61 bits per heavy atom. The molecule has 1 aliphatic rings. The summed E-state index contributed by atoms with van der Waals surface area (Å²) < 4.78 is 6.46. The van der Waals surface area contributed by atoms with Crippen LogP contribution in [0.25, 0.3) is 6.08 Å². The number of ether oxygens (including phenoxy) is 1. The molecular formula is C20H18N2O4S2. The van der Waals surface area contributed by atoms with Gasteiger partial charge in [-0.2, -0.15) is 0 Å². The highest BCUT2D eigenvalue weighted by atomic mass is 32.2. The van der Waals surface area contributed by atoms with Gasteiger partial charge < -0.3 is 4.74 Å². The number of hydrogen-bond acceptors (Lipinski definition) is 6. The average Bonchev–Trinajstić information content (AvgIpc) is 2.95. The molecule has 28 heavy (non-hydrogen) atoms. The van der Waals surface area contributed by atoms with Crippen LogP contribution in [-0.4, -0.2) is 26.6 Å². The van der Waals surface area contributed by atoms with Gasteiger partial charge in [0.15, 0.2) is 0 Å². The van der Waals surface area contributed by atoms with Gasteiger partial charge in [-0.3, -0.25) is 19.8 Å². The van der Waals surface area contributed by atoms with Crippen molar-refractivity contribution in [3.05, 3.63) is 74.7 Å². The molecule has 6 nitrogen and oxygen atoms in total. The first-order valence-corrected chi connectivity index (χ1v) is 9.92. The van der Waals surface area contributed by atoms with Crippen molar-refractivity contribution in [2.45, 2.75) is 20.0 Å². The van der Waals surface area contributed by atoms with Crippen LogP contribution in [0.15, 0.2) is 53.4 Å². The quantitative estimate of drug-likeness (QED) is 0.281. The first kappa shape index (κ1) is 20.0. The van der Waals surface area contributed by atoms with Crippen LogP contribution in [-0.2, 0) is 11.4 Å². The number of nitro benzene ring substituents is 1. The van der Waals surface area contributed by atoms with Gasteiger partial charge in [-0.25, -0.2) is 0 Å². The summed E-state index contributed by atoms with van der Waals surface area (Å²) in [5.74, 6) is 0.545. The van der Waals surface area contributed by atoms with Gasteiger partial charge in [0.2, 0.25) is 0 Å². The number of amides is 1. The molecule has 2 aromatic carbocycles. The minimum atomic E-state index is -0.436. The van der Waals surface area contributed by atoms with Crippen molar-refractivity contribution in [2.24, 2.45) is 0 Å². The Morgan fingerprint density at radius 2 is 1.93 bits per heavy atom. The Bertz CT molecular complexity index is 941. The second kappa shape index (κ2) is 8.99. The van der Waals surface area contributed by atoms with Crippen LogP contribution in [0.1, 0.15) is 24.5 Å². The number of benzene rings is 2. The SMILES string of the molecule is CCCN1C(=O)/C(=C\c2ccccc2OCc2ccc([N+](=O)[O-])cc2)SC1=S. The van der Waals surface area contributed by atoms with Gasteiger partial charge >= 0.3 is 0 Å². The summed E-state index contributed by atoms with van der Waals surface area (Å²) in [7, 11) is 0. The molecular weight excluding hydrogens is 396 g/mol. The van der Waals surface area contributed by atoms with Crippen molar-refractivity contribution in [3.63, 3.8) is 0 Å². The average molecular weight is 415 g/mol. The Kier molecular flexibility index (Phi) is 6.43. The number of carbonyl (C=O) groups is 1. The normalized spacial score (nSPS) is 15.3. The second-order valence-electron chi connectivity index (χ2n) is 6.08. The molecule has 1 fully saturated rings. The van der Waals surface area contributed by atoms with Crippen LogP contribution in [0.4, 0.5) is 5.69 Å². The molecule has 0 saturated carbocycles. The number of thiocarbonyl (C=S) groups is 1. The molecule has 0 unspecified atom stereocenters. The topological polar surface area (TPSA) is 72.7 Å². The van der Waals surface area contributed by atoms with E-state index < -0.39 is 4.92 Å². The maximum absolute atomic E-state index is 12.5. The summed E-state index contributed by atoms with van der Waals surface area (Å²) in [4.78, 5) is 25.0. The number of carbonyl (C=O) groups excluding carboxylic acids is 1. The lowest BCUT2D eigenvalue weighted by molar-refractivity contribution is -0.384. The molecule has 0 aromatic heterocycles. The first-order valence-electron chi connectivity index (χ1n) is 8.70. The smallest absolute Gasteiger partial charge is 0.269 e. The molecule has 0 spiro atoms. The Labute approximate surface area is 172 Å². The molecule has 0 radical (unpaired) electrons. The van der Waals surface area contributed by atoms with Crippen LogP contribution < -0.4 is 4.74 Å². The number of hydrogen-bond donors (Lipinski definition) is 0. The van der Waals surface area contributed by atoms with Gasteiger partial charge in [-0.1, -0.05) is 49.1 Å². The Hall–Kier alpha value is -2.71. The van der Waals surface area contributed by atoms with Gasteiger partial charge in [0.1, 0.15) is 16.7 Å². The molecule has 2 aromatic rings. The highest BCUT2D eigenvalue weighted by Gasteiger charge is 2.31. The van der Waals surface area contributed by atoms with Gasteiger partial charge in [0.05, 0.1) is 9.83 Å². The number of nitrogens with zero attached hydrogens (tertiary/aromatic N) is 2. The summed E-state index contributed by atoms with van der Waals surface area (Å²) >= 11 is 6.59. The van der Waals surface area contributed by atoms with E-state index in [9.17, 15) is 14.9 Å². The standard InChI is InChI=1S/C20H18N2O4S2/c1-2-11-21-19(23)18(28-20(21)27)12-15-5-3-4-6-17(15)26-13-14-7-9-16(10-8-14)22(24)25/h3-10,12H,2,11,13H2,1H3/b18-12+. The Morgan fingerprint density at radius 1 is 1.21 bits per heavy atom. The van der Waals surface area contributed by atoms with E-state index in [1.807, 2.05) is 31.2 Å². The zero-order valence-corrected chi connectivity index (χ0v) is 16.8. The summed E-state index contributed by atoms with van der Waals surface area (Å²) in [6.45, 7) is 2.88. The number of rotatable bonds is 7. The van der Waals surface area contributed by atoms with Crippen LogP contribution >= 0.6 is 24.0 Å². The highest BCUT2D eigenvalue weighted by molar-refractivity contribution is 8.26. The van der Waals surface area contributed by atoms with Gasteiger partial charge in [-0.15, -0.1) is 0 Å². The molecule has 0 bridgehead atoms. The summed E-state index contributed by atoms with van der Waals surface area (Å²) in [6, 6.07) is 13.6. The molecule has 144 valence electrons. The fraction of sp³-hybridized carbons (Fsp3) is 0.200.